The number of aromatic nitrogens is 1. The first kappa shape index (κ1) is 21.9. The number of fused-ring (bicyclic) bond motifs is 2. The Labute approximate surface area is 200 Å². The normalized spacial score (nSPS) is 14.8. The number of nitrogens with zero attached hydrogens (tertiary/aromatic N) is 2. The summed E-state index contributed by atoms with van der Waals surface area (Å²) in [6.45, 7) is 2.56. The first-order valence-electron chi connectivity index (χ1n) is 11.0. The van der Waals surface area contributed by atoms with E-state index >= 15 is 0 Å². The van der Waals surface area contributed by atoms with Crippen LogP contribution >= 0.6 is 22.9 Å². The minimum atomic E-state index is -0.442. The van der Waals surface area contributed by atoms with Gasteiger partial charge < -0.3 is 9.73 Å². The van der Waals surface area contributed by atoms with Crippen molar-refractivity contribution in [1.29, 1.82) is 0 Å². The Bertz CT molecular complexity index is 1320. The molecule has 1 unspecified atom stereocenters. The van der Waals surface area contributed by atoms with Gasteiger partial charge in [-0.2, -0.15) is 0 Å². The van der Waals surface area contributed by atoms with Crippen LogP contribution in [0.4, 0.5) is 0 Å². The van der Waals surface area contributed by atoms with Gasteiger partial charge in [-0.25, -0.2) is 4.79 Å². The molecule has 3 heterocycles. The number of carbonyl (C=O) groups is 1. The Morgan fingerprint density at radius 1 is 1.15 bits per heavy atom. The van der Waals surface area contributed by atoms with Crippen LogP contribution in [0.3, 0.4) is 0 Å². The Hall–Kier alpha value is -2.87. The maximum absolute atomic E-state index is 12.7. The van der Waals surface area contributed by atoms with Crippen LogP contribution in [0.5, 0.6) is 0 Å². The number of hydrogen-bond donors (Lipinski definition) is 1. The fourth-order valence-corrected chi connectivity index (χ4v) is 5.43. The second-order valence-electron chi connectivity index (χ2n) is 8.20. The lowest BCUT2D eigenvalue weighted by Gasteiger charge is -2.35. The number of rotatable bonds is 7. The highest BCUT2D eigenvalue weighted by atomic mass is 35.5. The summed E-state index contributed by atoms with van der Waals surface area (Å²) in [4.78, 5) is 28.7. The number of aryl methyl sites for hydroxylation is 1. The van der Waals surface area contributed by atoms with Crippen LogP contribution in [0.15, 0.2) is 69.2 Å². The summed E-state index contributed by atoms with van der Waals surface area (Å²) >= 11 is 7.92. The molecular formula is C25H24ClN3O3S. The molecule has 1 atom stereocenters. The Balaban J connectivity index is 1.27. The molecule has 1 aliphatic heterocycles. The van der Waals surface area contributed by atoms with Gasteiger partial charge in [-0.3, -0.25) is 14.3 Å². The molecule has 0 fully saturated rings. The van der Waals surface area contributed by atoms with E-state index in [9.17, 15) is 9.59 Å². The van der Waals surface area contributed by atoms with Gasteiger partial charge >= 0.3 is 5.76 Å². The third-order valence-electron chi connectivity index (χ3n) is 6.16. The molecule has 0 radical (unpaired) electrons. The van der Waals surface area contributed by atoms with Gasteiger partial charge in [0, 0.05) is 42.5 Å². The van der Waals surface area contributed by atoms with Crippen LogP contribution < -0.4 is 11.1 Å². The second-order valence-corrected chi connectivity index (χ2v) is 9.64. The standard InChI is InChI=1S/C25H24ClN3O3S/c26-19-7-5-17(6-8-19)21(28-12-9-23-18(16-28)11-14-33-23)15-27-24(30)10-13-29-20-3-1-2-4-22(20)32-25(29)31/h1-8,11,14,21H,9-10,12-13,15-16H2,(H,27,30). The fraction of sp³-hybridized carbons (Fsp3) is 0.280. The average molecular weight is 482 g/mol. The van der Waals surface area contributed by atoms with E-state index in [4.69, 9.17) is 16.0 Å². The lowest BCUT2D eigenvalue weighted by Crippen LogP contribution is -2.40. The molecule has 1 aliphatic rings. The monoisotopic (exact) mass is 481 g/mol. The lowest BCUT2D eigenvalue weighted by molar-refractivity contribution is -0.121. The number of halogens is 1. The maximum atomic E-state index is 12.7. The number of nitrogens with one attached hydrogen (secondary N) is 1. The van der Waals surface area contributed by atoms with Gasteiger partial charge in [-0.05, 0) is 53.3 Å². The van der Waals surface area contributed by atoms with E-state index in [0.717, 1.165) is 25.1 Å². The molecule has 6 nitrogen and oxygen atoms in total. The smallest absolute Gasteiger partial charge is 0.408 e. The minimum Gasteiger partial charge on any atom is -0.408 e. The molecule has 4 aromatic rings. The highest BCUT2D eigenvalue weighted by molar-refractivity contribution is 7.10. The highest BCUT2D eigenvalue weighted by Gasteiger charge is 2.26. The van der Waals surface area contributed by atoms with Gasteiger partial charge in [-0.15, -0.1) is 11.3 Å². The van der Waals surface area contributed by atoms with Gasteiger partial charge in [0.1, 0.15) is 0 Å². The van der Waals surface area contributed by atoms with Crippen LogP contribution in [0.2, 0.25) is 5.02 Å². The van der Waals surface area contributed by atoms with Gasteiger partial charge in [0.15, 0.2) is 5.58 Å². The zero-order valence-electron chi connectivity index (χ0n) is 18.0. The Morgan fingerprint density at radius 3 is 2.82 bits per heavy atom. The molecular weight excluding hydrogens is 458 g/mol. The minimum absolute atomic E-state index is 0.0387. The zero-order chi connectivity index (χ0) is 22.8. The summed E-state index contributed by atoms with van der Waals surface area (Å²) in [5.74, 6) is -0.540. The van der Waals surface area contributed by atoms with Crippen molar-refractivity contribution in [2.24, 2.45) is 0 Å². The summed E-state index contributed by atoms with van der Waals surface area (Å²) in [5, 5.41) is 5.92. The van der Waals surface area contributed by atoms with Crippen molar-refractivity contribution in [2.75, 3.05) is 13.1 Å². The number of benzene rings is 2. The van der Waals surface area contributed by atoms with Crippen molar-refractivity contribution < 1.29 is 9.21 Å². The molecule has 1 N–H and O–H groups in total. The molecule has 2 aromatic carbocycles. The van der Waals surface area contributed by atoms with E-state index in [-0.39, 0.29) is 24.9 Å². The van der Waals surface area contributed by atoms with Gasteiger partial charge in [-0.1, -0.05) is 35.9 Å². The molecule has 170 valence electrons. The van der Waals surface area contributed by atoms with Crippen LogP contribution in [-0.2, 0) is 24.3 Å². The van der Waals surface area contributed by atoms with E-state index in [2.05, 4.69) is 21.7 Å². The first-order valence-corrected chi connectivity index (χ1v) is 12.2. The predicted molar refractivity (Wildman–Crippen MR) is 131 cm³/mol. The third kappa shape index (κ3) is 4.76. The summed E-state index contributed by atoms with van der Waals surface area (Å²) in [6, 6.07) is 17.3. The first-order chi connectivity index (χ1) is 16.1. The third-order valence-corrected chi connectivity index (χ3v) is 7.44. The van der Waals surface area contributed by atoms with E-state index in [0.29, 0.717) is 22.7 Å². The van der Waals surface area contributed by atoms with Gasteiger partial charge in [0.25, 0.3) is 0 Å². The topological polar surface area (TPSA) is 67.5 Å². The van der Waals surface area contributed by atoms with E-state index in [1.165, 1.54) is 15.0 Å². The molecule has 1 amide bonds. The van der Waals surface area contributed by atoms with Crippen molar-refractivity contribution in [2.45, 2.75) is 32.0 Å². The second kappa shape index (κ2) is 9.55. The van der Waals surface area contributed by atoms with Crippen LogP contribution in [0.25, 0.3) is 11.1 Å². The van der Waals surface area contributed by atoms with Crippen molar-refractivity contribution >= 4 is 39.9 Å². The molecule has 0 aliphatic carbocycles. The van der Waals surface area contributed by atoms with E-state index in [1.807, 2.05) is 53.8 Å². The molecule has 0 saturated carbocycles. The highest BCUT2D eigenvalue weighted by Crippen LogP contribution is 2.30. The SMILES string of the molecule is O=C(CCn1c(=O)oc2ccccc21)NCC(c1ccc(Cl)cc1)N1CCc2sccc2C1. The molecule has 5 rings (SSSR count). The van der Waals surface area contributed by atoms with Gasteiger partial charge in [0.05, 0.1) is 11.6 Å². The van der Waals surface area contributed by atoms with Crippen LogP contribution in [0.1, 0.15) is 28.5 Å². The van der Waals surface area contributed by atoms with Crippen molar-refractivity contribution in [1.82, 2.24) is 14.8 Å². The number of hydrogen-bond acceptors (Lipinski definition) is 5. The molecule has 0 saturated heterocycles. The Kier molecular flexibility index (Phi) is 6.35. The van der Waals surface area contributed by atoms with E-state index in [1.54, 1.807) is 6.07 Å². The van der Waals surface area contributed by atoms with Crippen LogP contribution in [-0.4, -0.2) is 28.5 Å². The number of amides is 1. The summed E-state index contributed by atoms with van der Waals surface area (Å²) in [5.41, 5.74) is 3.72. The molecule has 33 heavy (non-hydrogen) atoms. The summed E-state index contributed by atoms with van der Waals surface area (Å²) < 4.78 is 6.77. The molecule has 8 heteroatoms. The number of oxazole rings is 1. The Morgan fingerprint density at radius 2 is 1.97 bits per heavy atom. The number of carbonyl (C=O) groups excluding carboxylic acids is 1. The average Bonchev–Trinajstić information content (AvgIpc) is 3.42. The van der Waals surface area contributed by atoms with Crippen molar-refractivity contribution in [3.63, 3.8) is 0 Å². The van der Waals surface area contributed by atoms with Crippen molar-refractivity contribution in [3.05, 3.63) is 91.6 Å². The zero-order valence-corrected chi connectivity index (χ0v) is 19.6. The number of thiophene rings is 1. The molecule has 2 aromatic heterocycles. The number of para-hydroxylation sites is 2. The molecule has 0 bridgehead atoms. The lowest BCUT2D eigenvalue weighted by atomic mass is 10.0. The maximum Gasteiger partial charge on any atom is 0.419 e. The predicted octanol–water partition coefficient (Wildman–Crippen LogP) is 4.62. The van der Waals surface area contributed by atoms with Crippen LogP contribution in [0, 0.1) is 0 Å². The summed E-state index contributed by atoms with van der Waals surface area (Å²) in [6.07, 6.45) is 1.22. The van der Waals surface area contributed by atoms with Gasteiger partial charge in [0.2, 0.25) is 5.91 Å². The largest absolute Gasteiger partial charge is 0.419 e. The molecule has 0 spiro atoms. The van der Waals surface area contributed by atoms with E-state index < -0.39 is 5.76 Å². The quantitative estimate of drug-likeness (QED) is 0.418. The fourth-order valence-electron chi connectivity index (χ4n) is 4.42. The summed E-state index contributed by atoms with van der Waals surface area (Å²) in [7, 11) is 0. The van der Waals surface area contributed by atoms with Crippen molar-refractivity contribution in [3.8, 4) is 0 Å².